The number of nitrogens with one attached hydrogen (secondary N) is 1. The smallest absolute Gasteiger partial charge is 0.268 e. The molecular formula is C17H16F4N2O3S2. The van der Waals surface area contributed by atoms with E-state index in [9.17, 15) is 30.8 Å². The minimum atomic E-state index is -4.89. The third-order valence-electron chi connectivity index (χ3n) is 4.93. The fraction of sp³-hybridized carbons (Fsp3) is 0.353. The second kappa shape index (κ2) is 6.82. The number of halogens is 4. The van der Waals surface area contributed by atoms with Crippen molar-refractivity contribution >= 4 is 27.5 Å². The monoisotopic (exact) mass is 436 g/mol. The zero-order chi connectivity index (χ0) is 20.9. The molecule has 1 N–H and O–H groups in total. The summed E-state index contributed by atoms with van der Waals surface area (Å²) in [6, 6.07) is 4.90. The topological polar surface area (TPSA) is 66.5 Å². The molecule has 152 valence electrons. The van der Waals surface area contributed by atoms with E-state index in [-0.39, 0.29) is 21.0 Å². The van der Waals surface area contributed by atoms with Crippen molar-refractivity contribution < 1.29 is 30.8 Å². The van der Waals surface area contributed by atoms with Gasteiger partial charge >= 0.3 is 16.4 Å². The lowest BCUT2D eigenvalue weighted by Gasteiger charge is -2.30. The number of hydrogen-bond donors (Lipinski definition) is 1. The summed E-state index contributed by atoms with van der Waals surface area (Å²) in [7, 11) is -3.99. The summed E-state index contributed by atoms with van der Waals surface area (Å²) in [4.78, 5) is 12.0. The average Bonchev–Trinajstić information content (AvgIpc) is 3.12. The fourth-order valence-corrected chi connectivity index (χ4v) is 5.08. The Kier molecular flexibility index (Phi) is 5.05. The maximum Gasteiger partial charge on any atom is 0.408 e. The molecule has 0 radical (unpaired) electrons. The molecule has 28 heavy (non-hydrogen) atoms. The lowest BCUT2D eigenvalue weighted by atomic mass is 10.0. The molecule has 1 heterocycles. The summed E-state index contributed by atoms with van der Waals surface area (Å²) in [6.45, 7) is 1.41. The molecule has 2 aromatic rings. The summed E-state index contributed by atoms with van der Waals surface area (Å²) in [5.74, 6) is -2.78. The number of carbonyl (C=O) groups excluding carboxylic acids is 1. The van der Waals surface area contributed by atoms with E-state index >= 15 is 0 Å². The first-order valence-corrected chi connectivity index (χ1v) is 10.4. The van der Waals surface area contributed by atoms with Gasteiger partial charge in [-0.15, -0.1) is 0 Å². The van der Waals surface area contributed by atoms with Gasteiger partial charge in [0, 0.05) is 18.3 Å². The molecule has 2 atom stereocenters. The Morgan fingerprint density at radius 1 is 1.32 bits per heavy atom. The van der Waals surface area contributed by atoms with Gasteiger partial charge in [0.1, 0.15) is 11.4 Å². The lowest BCUT2D eigenvalue weighted by molar-refractivity contribution is -0.182. The minimum absolute atomic E-state index is 0.0320. The first kappa shape index (κ1) is 20.7. The lowest BCUT2D eigenvalue weighted by Crippen LogP contribution is -2.54. The Hall–Kier alpha value is -1.98. The Morgan fingerprint density at radius 3 is 2.54 bits per heavy atom. The van der Waals surface area contributed by atoms with Crippen molar-refractivity contribution in [2.75, 3.05) is 7.05 Å². The minimum Gasteiger partial charge on any atom is -0.268 e. The highest BCUT2D eigenvalue weighted by atomic mass is 32.2. The third-order valence-corrected chi connectivity index (χ3v) is 7.11. The average molecular weight is 436 g/mol. The predicted molar refractivity (Wildman–Crippen MR) is 95.7 cm³/mol. The number of nitrogens with zero attached hydrogens (tertiary/aromatic N) is 1. The molecule has 0 saturated heterocycles. The summed E-state index contributed by atoms with van der Waals surface area (Å²) >= 11 is 1.14. The molecule has 3 rings (SSSR count). The molecule has 1 aliphatic carbocycles. The van der Waals surface area contributed by atoms with E-state index in [1.54, 1.807) is 4.72 Å². The van der Waals surface area contributed by atoms with Gasteiger partial charge in [0.25, 0.3) is 5.91 Å². The van der Waals surface area contributed by atoms with Crippen LogP contribution in [0, 0.1) is 12.7 Å². The maximum atomic E-state index is 13.9. The zero-order valence-electron chi connectivity index (χ0n) is 14.7. The first-order chi connectivity index (χ1) is 12.9. The summed E-state index contributed by atoms with van der Waals surface area (Å²) < 4.78 is 82.0. The van der Waals surface area contributed by atoms with E-state index in [0.717, 1.165) is 24.5 Å². The Bertz CT molecular complexity index is 1010. The molecule has 1 amide bonds. The highest BCUT2D eigenvalue weighted by Crippen LogP contribution is 2.63. The van der Waals surface area contributed by atoms with E-state index in [1.807, 2.05) is 0 Å². The molecule has 1 fully saturated rings. The standard InChI is InChI=1S/C17H16F4N2O3S2/c1-10-7-11(3-4-14(10)18)13-8-16(13,17(19,20)21)23(2)28(25,26)22-15(24)12-5-6-27-9-12/h3-7,9,13H,8H2,1-2H3,(H,22,24). The van der Waals surface area contributed by atoms with Gasteiger partial charge in [0.15, 0.2) is 0 Å². The van der Waals surface area contributed by atoms with Crippen LogP contribution in [-0.4, -0.2) is 37.4 Å². The van der Waals surface area contributed by atoms with Crippen molar-refractivity contribution in [1.29, 1.82) is 0 Å². The molecule has 11 heteroatoms. The number of rotatable bonds is 5. The second-order valence-electron chi connectivity index (χ2n) is 6.60. The van der Waals surface area contributed by atoms with Crippen LogP contribution in [-0.2, 0) is 10.2 Å². The maximum absolute atomic E-state index is 13.9. The Labute approximate surface area is 163 Å². The number of aryl methyl sites for hydroxylation is 1. The molecule has 0 aliphatic heterocycles. The van der Waals surface area contributed by atoms with Crippen LogP contribution in [0.4, 0.5) is 17.6 Å². The van der Waals surface area contributed by atoms with Gasteiger partial charge in [-0.05, 0) is 42.0 Å². The van der Waals surface area contributed by atoms with Gasteiger partial charge in [-0.25, -0.2) is 9.11 Å². The van der Waals surface area contributed by atoms with Crippen LogP contribution in [0.1, 0.15) is 33.8 Å². The largest absolute Gasteiger partial charge is 0.408 e. The van der Waals surface area contributed by atoms with E-state index in [4.69, 9.17) is 0 Å². The molecule has 1 aromatic carbocycles. The van der Waals surface area contributed by atoms with Gasteiger partial charge in [-0.3, -0.25) is 4.79 Å². The number of hydrogen-bond acceptors (Lipinski definition) is 4. The zero-order valence-corrected chi connectivity index (χ0v) is 16.4. The molecule has 5 nitrogen and oxygen atoms in total. The number of carbonyl (C=O) groups is 1. The number of amides is 1. The number of thiophene rings is 1. The van der Waals surface area contributed by atoms with Gasteiger partial charge in [0.2, 0.25) is 0 Å². The van der Waals surface area contributed by atoms with Crippen molar-refractivity contribution in [3.63, 3.8) is 0 Å². The van der Waals surface area contributed by atoms with E-state index in [0.29, 0.717) is 0 Å². The number of alkyl halides is 3. The van der Waals surface area contributed by atoms with Crippen LogP contribution >= 0.6 is 11.3 Å². The highest BCUT2D eigenvalue weighted by molar-refractivity contribution is 7.87. The van der Waals surface area contributed by atoms with Crippen LogP contribution in [0.3, 0.4) is 0 Å². The molecule has 0 bridgehead atoms. The predicted octanol–water partition coefficient (Wildman–Crippen LogP) is 3.59. The van der Waals surface area contributed by atoms with Crippen LogP contribution in [0.5, 0.6) is 0 Å². The van der Waals surface area contributed by atoms with Crippen molar-refractivity contribution in [2.45, 2.75) is 31.0 Å². The Balaban J connectivity index is 1.92. The van der Waals surface area contributed by atoms with Crippen LogP contribution < -0.4 is 4.72 Å². The van der Waals surface area contributed by atoms with Crippen molar-refractivity contribution in [1.82, 2.24) is 9.03 Å². The summed E-state index contributed by atoms with van der Waals surface area (Å²) in [5.41, 5.74) is -2.33. The van der Waals surface area contributed by atoms with Gasteiger partial charge in [-0.1, -0.05) is 12.1 Å². The van der Waals surface area contributed by atoms with Crippen molar-refractivity contribution in [3.8, 4) is 0 Å². The fourth-order valence-electron chi connectivity index (χ4n) is 3.22. The SMILES string of the molecule is Cc1cc(C2CC2(N(C)S(=O)(=O)NC(=O)c2ccsc2)C(F)(F)F)ccc1F. The Morgan fingerprint density at radius 2 is 2.00 bits per heavy atom. The number of likely N-dealkylation sites (N-methyl/N-ethyl adjacent to an activating group) is 1. The highest BCUT2D eigenvalue weighted by Gasteiger charge is 2.75. The molecule has 1 aliphatic rings. The molecule has 0 spiro atoms. The number of benzene rings is 1. The van der Waals surface area contributed by atoms with Crippen LogP contribution in [0.15, 0.2) is 35.0 Å². The van der Waals surface area contributed by atoms with Gasteiger partial charge < -0.3 is 0 Å². The van der Waals surface area contributed by atoms with Crippen molar-refractivity contribution in [3.05, 3.63) is 57.5 Å². The molecular weight excluding hydrogens is 420 g/mol. The van der Waals surface area contributed by atoms with Crippen LogP contribution in [0.25, 0.3) is 0 Å². The van der Waals surface area contributed by atoms with Crippen LogP contribution in [0.2, 0.25) is 0 Å². The normalized spacial score (nSPS) is 22.3. The molecule has 1 saturated carbocycles. The van der Waals surface area contributed by atoms with E-state index in [1.165, 1.54) is 35.9 Å². The summed E-state index contributed by atoms with van der Waals surface area (Å²) in [6.07, 6.45) is -5.42. The van der Waals surface area contributed by atoms with Gasteiger partial charge in [-0.2, -0.15) is 37.2 Å². The molecule has 1 aromatic heterocycles. The van der Waals surface area contributed by atoms with E-state index < -0.39 is 46.0 Å². The quantitative estimate of drug-likeness (QED) is 0.729. The molecule has 2 unspecified atom stereocenters. The third kappa shape index (κ3) is 3.42. The first-order valence-electron chi connectivity index (χ1n) is 8.06. The summed E-state index contributed by atoms with van der Waals surface area (Å²) in [5, 5.41) is 2.92. The van der Waals surface area contributed by atoms with Gasteiger partial charge in [0.05, 0.1) is 5.56 Å². The second-order valence-corrected chi connectivity index (χ2v) is 9.09. The van der Waals surface area contributed by atoms with E-state index in [2.05, 4.69) is 0 Å². The van der Waals surface area contributed by atoms with Crippen molar-refractivity contribution in [2.24, 2.45) is 0 Å².